The van der Waals surface area contributed by atoms with E-state index in [2.05, 4.69) is 31.5 Å². The summed E-state index contributed by atoms with van der Waals surface area (Å²) in [7, 11) is 0. The van der Waals surface area contributed by atoms with Gasteiger partial charge in [-0.25, -0.2) is 14.0 Å². The van der Waals surface area contributed by atoms with E-state index in [1.807, 2.05) is 24.3 Å². The van der Waals surface area contributed by atoms with E-state index in [9.17, 15) is 14.0 Å². The van der Waals surface area contributed by atoms with Gasteiger partial charge in [0.05, 0.1) is 0 Å². The van der Waals surface area contributed by atoms with Crippen LogP contribution in [0.3, 0.4) is 0 Å². The van der Waals surface area contributed by atoms with Gasteiger partial charge in [0, 0.05) is 66.7 Å². The lowest BCUT2D eigenvalue weighted by Crippen LogP contribution is -2.51. The zero-order valence-corrected chi connectivity index (χ0v) is 22.5. The lowest BCUT2D eigenvalue weighted by Gasteiger charge is -2.35. The minimum Gasteiger partial charge on any atom is -0.322 e. The number of halogens is 3. The topological polar surface area (TPSA) is 67.9 Å². The molecule has 0 unspecified atom stereocenters. The van der Waals surface area contributed by atoms with Crippen LogP contribution < -0.4 is 10.6 Å². The Labute approximate surface area is 229 Å². The first-order valence-electron chi connectivity index (χ1n) is 12.0. The van der Waals surface area contributed by atoms with Gasteiger partial charge >= 0.3 is 12.1 Å². The Balaban J connectivity index is 1.31. The predicted molar refractivity (Wildman–Crippen MR) is 148 cm³/mol. The van der Waals surface area contributed by atoms with Gasteiger partial charge in [0.1, 0.15) is 5.82 Å². The first-order valence-corrected chi connectivity index (χ1v) is 13.1. The molecule has 4 amide bonds. The summed E-state index contributed by atoms with van der Waals surface area (Å²) in [6.45, 7) is 4.04. The number of carbonyl (C=O) groups is 2. The number of nitrogens with one attached hydrogen (secondary N) is 2. The fourth-order valence-corrected chi connectivity index (χ4v) is 4.46. The van der Waals surface area contributed by atoms with Crippen LogP contribution in [0.25, 0.3) is 0 Å². The molecular weight excluding hydrogens is 561 g/mol. The van der Waals surface area contributed by atoms with Crippen molar-refractivity contribution in [2.75, 3.05) is 49.9 Å². The Morgan fingerprint density at radius 3 is 2.30 bits per heavy atom. The van der Waals surface area contributed by atoms with Crippen molar-refractivity contribution in [1.82, 2.24) is 14.7 Å². The number of benzene rings is 3. The SMILES string of the molecule is O=C(Nc1ccc(Br)cc1)N1CCN(CCN(Cc2ccc(F)cc2)C(=O)Nc2cccc(Cl)c2)CC1. The molecule has 194 valence electrons. The van der Waals surface area contributed by atoms with E-state index < -0.39 is 0 Å². The van der Waals surface area contributed by atoms with E-state index in [-0.39, 0.29) is 17.9 Å². The molecule has 0 aliphatic carbocycles. The number of anilines is 2. The summed E-state index contributed by atoms with van der Waals surface area (Å²) < 4.78 is 14.3. The molecule has 4 rings (SSSR count). The third kappa shape index (κ3) is 8.18. The molecule has 0 spiro atoms. The summed E-state index contributed by atoms with van der Waals surface area (Å²) in [5, 5.41) is 6.36. The second-order valence-electron chi connectivity index (χ2n) is 8.75. The molecule has 0 atom stereocenters. The van der Waals surface area contributed by atoms with Crippen LogP contribution in [0.2, 0.25) is 5.02 Å². The molecule has 37 heavy (non-hydrogen) atoms. The average molecular weight is 589 g/mol. The maximum Gasteiger partial charge on any atom is 0.322 e. The van der Waals surface area contributed by atoms with Crippen LogP contribution in [0.4, 0.5) is 25.4 Å². The molecular formula is C27H28BrClFN5O2. The molecule has 0 aromatic heterocycles. The van der Waals surface area contributed by atoms with E-state index in [1.165, 1.54) is 12.1 Å². The van der Waals surface area contributed by atoms with Gasteiger partial charge in [-0.3, -0.25) is 4.90 Å². The van der Waals surface area contributed by atoms with Gasteiger partial charge in [-0.2, -0.15) is 0 Å². The summed E-state index contributed by atoms with van der Waals surface area (Å²) >= 11 is 9.45. The maximum absolute atomic E-state index is 13.4. The van der Waals surface area contributed by atoms with E-state index >= 15 is 0 Å². The summed E-state index contributed by atoms with van der Waals surface area (Å²) in [6.07, 6.45) is 0. The van der Waals surface area contributed by atoms with Crippen molar-refractivity contribution < 1.29 is 14.0 Å². The Hall–Kier alpha value is -3.14. The molecule has 3 aromatic rings. The van der Waals surface area contributed by atoms with E-state index in [0.29, 0.717) is 56.5 Å². The number of piperazine rings is 1. The third-order valence-electron chi connectivity index (χ3n) is 6.09. The fourth-order valence-electron chi connectivity index (χ4n) is 4.00. The summed E-state index contributed by atoms with van der Waals surface area (Å²) in [4.78, 5) is 31.5. The number of amides is 4. The van der Waals surface area contributed by atoms with Crippen molar-refractivity contribution in [3.8, 4) is 0 Å². The number of nitrogens with zero attached hydrogens (tertiary/aromatic N) is 3. The third-order valence-corrected chi connectivity index (χ3v) is 6.85. The minimum atomic E-state index is -0.319. The molecule has 3 aromatic carbocycles. The highest BCUT2D eigenvalue weighted by Crippen LogP contribution is 2.17. The van der Waals surface area contributed by atoms with Crippen molar-refractivity contribution >= 4 is 51.0 Å². The second kappa shape index (κ2) is 12.9. The Morgan fingerprint density at radius 2 is 1.62 bits per heavy atom. The van der Waals surface area contributed by atoms with Crippen LogP contribution in [0.15, 0.2) is 77.3 Å². The lowest BCUT2D eigenvalue weighted by molar-refractivity contribution is 0.136. The monoisotopic (exact) mass is 587 g/mol. The number of carbonyl (C=O) groups excluding carboxylic acids is 2. The predicted octanol–water partition coefficient (Wildman–Crippen LogP) is 6.13. The van der Waals surface area contributed by atoms with Crippen LogP contribution in [-0.2, 0) is 6.54 Å². The van der Waals surface area contributed by atoms with Gasteiger partial charge < -0.3 is 20.4 Å². The molecule has 1 aliphatic heterocycles. The van der Waals surface area contributed by atoms with Gasteiger partial charge in [0.15, 0.2) is 0 Å². The average Bonchev–Trinajstić information content (AvgIpc) is 2.89. The minimum absolute atomic E-state index is 0.124. The highest BCUT2D eigenvalue weighted by Gasteiger charge is 2.23. The van der Waals surface area contributed by atoms with Gasteiger partial charge in [0.25, 0.3) is 0 Å². The molecule has 1 aliphatic rings. The summed E-state index contributed by atoms with van der Waals surface area (Å²) in [5.41, 5.74) is 2.18. The molecule has 10 heteroatoms. The molecule has 1 heterocycles. The normalized spacial score (nSPS) is 13.8. The molecule has 0 bridgehead atoms. The van der Waals surface area contributed by atoms with Crippen LogP contribution >= 0.6 is 27.5 Å². The van der Waals surface area contributed by atoms with Gasteiger partial charge in [-0.1, -0.05) is 45.7 Å². The Kier molecular flexibility index (Phi) is 9.38. The summed E-state index contributed by atoms with van der Waals surface area (Å²) in [5.74, 6) is -0.319. The second-order valence-corrected chi connectivity index (χ2v) is 10.1. The highest BCUT2D eigenvalue weighted by molar-refractivity contribution is 9.10. The van der Waals surface area contributed by atoms with Crippen molar-refractivity contribution in [1.29, 1.82) is 0 Å². The number of rotatable bonds is 7. The number of hydrogen-bond donors (Lipinski definition) is 2. The van der Waals surface area contributed by atoms with Crippen molar-refractivity contribution in [3.63, 3.8) is 0 Å². The molecule has 0 saturated carbocycles. The first-order chi connectivity index (χ1) is 17.9. The van der Waals surface area contributed by atoms with Crippen molar-refractivity contribution in [2.24, 2.45) is 0 Å². The zero-order valence-electron chi connectivity index (χ0n) is 20.2. The first kappa shape index (κ1) is 26.9. The van der Waals surface area contributed by atoms with E-state index in [1.54, 1.807) is 46.2 Å². The zero-order chi connectivity index (χ0) is 26.2. The van der Waals surface area contributed by atoms with Crippen LogP contribution in [0, 0.1) is 5.82 Å². The number of hydrogen-bond acceptors (Lipinski definition) is 3. The molecule has 0 radical (unpaired) electrons. The quantitative estimate of drug-likeness (QED) is 0.349. The van der Waals surface area contributed by atoms with Crippen molar-refractivity contribution in [2.45, 2.75) is 6.54 Å². The lowest BCUT2D eigenvalue weighted by atomic mass is 10.2. The van der Waals surface area contributed by atoms with Crippen LogP contribution in [-0.4, -0.2) is 66.0 Å². The molecule has 7 nitrogen and oxygen atoms in total. The van der Waals surface area contributed by atoms with Gasteiger partial charge in [-0.05, 0) is 60.2 Å². The standard InChI is InChI=1S/C27H28BrClFN5O2/c28-21-6-10-24(11-7-21)31-26(36)34-15-12-33(13-16-34)14-17-35(19-20-4-8-23(30)9-5-20)27(37)32-25-3-1-2-22(29)18-25/h1-11,18H,12-17,19H2,(H,31,36)(H,32,37). The molecule has 2 N–H and O–H groups in total. The Bertz CT molecular complexity index is 1200. The largest absolute Gasteiger partial charge is 0.322 e. The smallest absolute Gasteiger partial charge is 0.322 e. The Morgan fingerprint density at radius 1 is 0.919 bits per heavy atom. The molecule has 1 fully saturated rings. The van der Waals surface area contributed by atoms with Crippen LogP contribution in [0.1, 0.15) is 5.56 Å². The maximum atomic E-state index is 13.4. The molecule has 1 saturated heterocycles. The summed E-state index contributed by atoms with van der Waals surface area (Å²) in [6, 6.07) is 20.2. The van der Waals surface area contributed by atoms with Gasteiger partial charge in [-0.15, -0.1) is 0 Å². The van der Waals surface area contributed by atoms with Crippen molar-refractivity contribution in [3.05, 3.63) is 93.7 Å². The van der Waals surface area contributed by atoms with Gasteiger partial charge in [0.2, 0.25) is 0 Å². The number of urea groups is 2. The fraction of sp³-hybridized carbons (Fsp3) is 0.259. The van der Waals surface area contributed by atoms with Crippen LogP contribution in [0.5, 0.6) is 0 Å². The van der Waals surface area contributed by atoms with E-state index in [0.717, 1.165) is 15.7 Å². The van der Waals surface area contributed by atoms with E-state index in [4.69, 9.17) is 11.6 Å². The highest BCUT2D eigenvalue weighted by atomic mass is 79.9.